The standard InChI is InChI=1S/C15H17BrN2/c1-17-14-7-4-8-15(10-14)18(2)11-12-5-3-6-13(16)9-12/h3-10,17H,11H2,1-2H3. The van der Waals surface area contributed by atoms with Crippen molar-refractivity contribution in [2.45, 2.75) is 6.54 Å². The van der Waals surface area contributed by atoms with Gasteiger partial charge in [-0.1, -0.05) is 34.1 Å². The molecule has 2 aromatic rings. The van der Waals surface area contributed by atoms with E-state index >= 15 is 0 Å². The van der Waals surface area contributed by atoms with Crippen LogP contribution in [-0.4, -0.2) is 14.1 Å². The van der Waals surface area contributed by atoms with Crippen molar-refractivity contribution < 1.29 is 0 Å². The fourth-order valence-corrected chi connectivity index (χ4v) is 2.35. The van der Waals surface area contributed by atoms with Crippen molar-refractivity contribution >= 4 is 27.3 Å². The number of nitrogens with one attached hydrogen (secondary N) is 1. The van der Waals surface area contributed by atoms with Crippen molar-refractivity contribution in [3.05, 3.63) is 58.6 Å². The third-order valence-corrected chi connectivity index (χ3v) is 3.38. The summed E-state index contributed by atoms with van der Waals surface area (Å²) in [6.45, 7) is 0.895. The second kappa shape index (κ2) is 5.91. The minimum atomic E-state index is 0.895. The molecule has 0 saturated carbocycles. The maximum atomic E-state index is 3.50. The average molecular weight is 305 g/mol. The molecule has 2 aromatic carbocycles. The third kappa shape index (κ3) is 3.26. The van der Waals surface area contributed by atoms with Gasteiger partial charge in [0.25, 0.3) is 0 Å². The lowest BCUT2D eigenvalue weighted by Gasteiger charge is -2.20. The first-order valence-corrected chi connectivity index (χ1v) is 6.72. The Hall–Kier alpha value is -1.48. The highest BCUT2D eigenvalue weighted by atomic mass is 79.9. The van der Waals surface area contributed by atoms with E-state index in [4.69, 9.17) is 0 Å². The zero-order valence-corrected chi connectivity index (χ0v) is 12.2. The molecule has 0 fully saturated rings. The molecular weight excluding hydrogens is 288 g/mol. The van der Waals surface area contributed by atoms with E-state index in [1.807, 2.05) is 13.1 Å². The monoisotopic (exact) mass is 304 g/mol. The maximum absolute atomic E-state index is 3.50. The van der Waals surface area contributed by atoms with E-state index < -0.39 is 0 Å². The molecule has 94 valence electrons. The predicted molar refractivity (Wildman–Crippen MR) is 82.2 cm³/mol. The van der Waals surface area contributed by atoms with Gasteiger partial charge in [0, 0.05) is 36.5 Å². The van der Waals surface area contributed by atoms with Crippen LogP contribution in [0.25, 0.3) is 0 Å². The second-order valence-corrected chi connectivity index (χ2v) is 5.20. The lowest BCUT2D eigenvalue weighted by Crippen LogP contribution is -2.16. The predicted octanol–water partition coefficient (Wildman–Crippen LogP) is 4.13. The van der Waals surface area contributed by atoms with E-state index in [0.717, 1.165) is 16.7 Å². The Morgan fingerprint density at radius 1 is 1.11 bits per heavy atom. The van der Waals surface area contributed by atoms with Gasteiger partial charge in [-0.25, -0.2) is 0 Å². The molecule has 1 N–H and O–H groups in total. The molecule has 0 unspecified atom stereocenters. The van der Waals surface area contributed by atoms with Gasteiger partial charge in [-0.05, 0) is 35.9 Å². The van der Waals surface area contributed by atoms with Crippen LogP contribution in [0.1, 0.15) is 5.56 Å². The fraction of sp³-hybridized carbons (Fsp3) is 0.200. The van der Waals surface area contributed by atoms with Gasteiger partial charge in [0.1, 0.15) is 0 Å². The Balaban J connectivity index is 2.13. The highest BCUT2D eigenvalue weighted by Crippen LogP contribution is 2.20. The zero-order chi connectivity index (χ0) is 13.0. The van der Waals surface area contributed by atoms with E-state index in [9.17, 15) is 0 Å². The van der Waals surface area contributed by atoms with Gasteiger partial charge in [-0.3, -0.25) is 0 Å². The summed E-state index contributed by atoms with van der Waals surface area (Å²) in [6, 6.07) is 16.8. The minimum absolute atomic E-state index is 0.895. The van der Waals surface area contributed by atoms with Crippen molar-refractivity contribution in [2.75, 3.05) is 24.3 Å². The number of nitrogens with zero attached hydrogens (tertiary/aromatic N) is 1. The van der Waals surface area contributed by atoms with Crippen molar-refractivity contribution in [2.24, 2.45) is 0 Å². The largest absolute Gasteiger partial charge is 0.388 e. The normalized spacial score (nSPS) is 10.2. The number of rotatable bonds is 4. The van der Waals surface area contributed by atoms with E-state index in [-0.39, 0.29) is 0 Å². The van der Waals surface area contributed by atoms with Crippen molar-refractivity contribution in [3.63, 3.8) is 0 Å². The van der Waals surface area contributed by atoms with Crippen molar-refractivity contribution in [1.82, 2.24) is 0 Å². The Bertz CT molecular complexity index is 525. The summed E-state index contributed by atoms with van der Waals surface area (Å²) in [6.07, 6.45) is 0. The highest BCUT2D eigenvalue weighted by molar-refractivity contribution is 9.10. The van der Waals surface area contributed by atoms with Crippen LogP contribution in [0.5, 0.6) is 0 Å². The summed E-state index contributed by atoms with van der Waals surface area (Å²) in [4.78, 5) is 2.24. The number of halogens is 1. The number of hydrogen-bond donors (Lipinski definition) is 1. The first-order valence-electron chi connectivity index (χ1n) is 5.92. The minimum Gasteiger partial charge on any atom is -0.388 e. The van der Waals surface area contributed by atoms with Crippen LogP contribution in [0.4, 0.5) is 11.4 Å². The van der Waals surface area contributed by atoms with Crippen molar-refractivity contribution in [1.29, 1.82) is 0 Å². The second-order valence-electron chi connectivity index (χ2n) is 4.29. The number of anilines is 2. The van der Waals surface area contributed by atoms with Crippen LogP contribution in [0.3, 0.4) is 0 Å². The summed E-state index contributed by atoms with van der Waals surface area (Å²) >= 11 is 3.50. The Labute approximate surface area is 117 Å². The molecule has 0 atom stereocenters. The van der Waals surface area contributed by atoms with Gasteiger partial charge in [-0.2, -0.15) is 0 Å². The topological polar surface area (TPSA) is 15.3 Å². The quantitative estimate of drug-likeness (QED) is 0.914. The molecule has 18 heavy (non-hydrogen) atoms. The first-order chi connectivity index (χ1) is 8.69. The molecule has 0 saturated heterocycles. The fourth-order valence-electron chi connectivity index (χ4n) is 1.90. The molecule has 0 aromatic heterocycles. The van der Waals surface area contributed by atoms with E-state index in [1.165, 1.54) is 11.3 Å². The Morgan fingerprint density at radius 3 is 2.61 bits per heavy atom. The van der Waals surface area contributed by atoms with Crippen LogP contribution >= 0.6 is 15.9 Å². The molecule has 0 amide bonds. The van der Waals surface area contributed by atoms with Gasteiger partial charge in [-0.15, -0.1) is 0 Å². The van der Waals surface area contributed by atoms with Crippen LogP contribution in [0.2, 0.25) is 0 Å². The smallest absolute Gasteiger partial charge is 0.0426 e. The maximum Gasteiger partial charge on any atom is 0.0426 e. The Morgan fingerprint density at radius 2 is 1.89 bits per heavy atom. The van der Waals surface area contributed by atoms with Gasteiger partial charge in [0.05, 0.1) is 0 Å². The SMILES string of the molecule is CNc1cccc(N(C)Cc2cccc(Br)c2)c1. The van der Waals surface area contributed by atoms with E-state index in [2.05, 4.69) is 75.7 Å². The van der Waals surface area contributed by atoms with Gasteiger partial charge < -0.3 is 10.2 Å². The highest BCUT2D eigenvalue weighted by Gasteiger charge is 2.03. The summed E-state index contributed by atoms with van der Waals surface area (Å²) in [5, 5.41) is 3.16. The lowest BCUT2D eigenvalue weighted by molar-refractivity contribution is 0.922. The lowest BCUT2D eigenvalue weighted by atomic mass is 10.2. The molecule has 0 bridgehead atoms. The van der Waals surface area contributed by atoms with Crippen LogP contribution in [0.15, 0.2) is 53.0 Å². The van der Waals surface area contributed by atoms with Crippen molar-refractivity contribution in [3.8, 4) is 0 Å². The van der Waals surface area contributed by atoms with Crippen LogP contribution in [0, 0.1) is 0 Å². The summed E-state index contributed by atoms with van der Waals surface area (Å²) in [7, 11) is 4.04. The molecule has 0 heterocycles. The van der Waals surface area contributed by atoms with Gasteiger partial charge >= 0.3 is 0 Å². The number of benzene rings is 2. The molecule has 0 aliphatic carbocycles. The molecule has 2 rings (SSSR count). The molecule has 3 heteroatoms. The van der Waals surface area contributed by atoms with E-state index in [1.54, 1.807) is 0 Å². The molecule has 0 spiro atoms. The Kier molecular flexibility index (Phi) is 4.26. The molecule has 0 aliphatic heterocycles. The number of hydrogen-bond acceptors (Lipinski definition) is 2. The molecular formula is C15H17BrN2. The summed E-state index contributed by atoms with van der Waals surface area (Å²) in [5.41, 5.74) is 3.64. The molecule has 2 nitrogen and oxygen atoms in total. The van der Waals surface area contributed by atoms with Crippen LogP contribution < -0.4 is 10.2 Å². The van der Waals surface area contributed by atoms with Gasteiger partial charge in [0.15, 0.2) is 0 Å². The zero-order valence-electron chi connectivity index (χ0n) is 10.7. The summed E-state index contributed by atoms with van der Waals surface area (Å²) in [5.74, 6) is 0. The third-order valence-electron chi connectivity index (χ3n) is 2.88. The van der Waals surface area contributed by atoms with Crippen LogP contribution in [-0.2, 0) is 6.54 Å². The first kappa shape index (κ1) is 13.0. The molecule has 0 radical (unpaired) electrons. The molecule has 0 aliphatic rings. The average Bonchev–Trinajstić information content (AvgIpc) is 2.39. The van der Waals surface area contributed by atoms with Gasteiger partial charge in [0.2, 0.25) is 0 Å². The summed E-state index contributed by atoms with van der Waals surface area (Å²) < 4.78 is 1.12. The van der Waals surface area contributed by atoms with E-state index in [0.29, 0.717) is 0 Å².